The van der Waals surface area contributed by atoms with Crippen LogP contribution in [-0.4, -0.2) is 15.1 Å². The van der Waals surface area contributed by atoms with Crippen molar-refractivity contribution in [3.8, 4) is 28.3 Å². The molecule has 1 radical (unpaired) electrons. The Labute approximate surface area is 208 Å². The van der Waals surface area contributed by atoms with Crippen molar-refractivity contribution in [2.45, 2.75) is 20.8 Å². The molecule has 0 spiro atoms. The Morgan fingerprint density at radius 1 is 0.727 bits per heavy atom. The fraction of sp³-hybridized carbons (Fsp3) is 0.103. The van der Waals surface area contributed by atoms with E-state index >= 15 is 0 Å². The summed E-state index contributed by atoms with van der Waals surface area (Å²) in [6.45, 7) is 6.30. The second kappa shape index (κ2) is 11.0. The van der Waals surface area contributed by atoms with Crippen LogP contribution in [0.3, 0.4) is 0 Å². The van der Waals surface area contributed by atoms with Crippen molar-refractivity contribution in [1.82, 2.24) is 9.97 Å². The van der Waals surface area contributed by atoms with Crippen LogP contribution >= 0.6 is 0 Å². The summed E-state index contributed by atoms with van der Waals surface area (Å²) in [5.74, 6) is 0.265. The third kappa shape index (κ3) is 5.92. The molecule has 0 fully saturated rings. The molecule has 0 amide bonds. The first kappa shape index (κ1) is 24.3. The third-order valence-electron chi connectivity index (χ3n) is 5.17. The van der Waals surface area contributed by atoms with E-state index in [0.717, 1.165) is 28.1 Å². The van der Waals surface area contributed by atoms with Crippen LogP contribution in [0, 0.1) is 26.8 Å². The van der Waals surface area contributed by atoms with Crippen LogP contribution in [0.4, 0.5) is 0 Å². The van der Waals surface area contributed by atoms with E-state index in [9.17, 15) is 5.11 Å². The van der Waals surface area contributed by atoms with E-state index in [1.54, 1.807) is 18.3 Å². The molecular formula is C29H25IrN2O-. The van der Waals surface area contributed by atoms with E-state index in [1.165, 1.54) is 21.9 Å². The second-order valence-corrected chi connectivity index (χ2v) is 7.87. The van der Waals surface area contributed by atoms with E-state index in [-0.39, 0.29) is 25.9 Å². The van der Waals surface area contributed by atoms with Gasteiger partial charge < -0.3 is 10.1 Å². The fourth-order valence-electron chi connectivity index (χ4n) is 3.75. The van der Waals surface area contributed by atoms with Gasteiger partial charge in [-0.25, -0.2) is 0 Å². The maximum absolute atomic E-state index is 9.52. The molecule has 3 aromatic carbocycles. The summed E-state index contributed by atoms with van der Waals surface area (Å²) >= 11 is 0. The van der Waals surface area contributed by atoms with Gasteiger partial charge in [-0.15, -0.1) is 34.9 Å². The zero-order valence-corrected chi connectivity index (χ0v) is 21.2. The summed E-state index contributed by atoms with van der Waals surface area (Å²) in [6.07, 6.45) is 3.59. The molecule has 0 unspecified atom stereocenters. The Bertz CT molecular complexity index is 1350. The predicted octanol–water partition coefficient (Wildman–Crippen LogP) is 7.08. The molecule has 1 N–H and O–H groups in total. The third-order valence-corrected chi connectivity index (χ3v) is 5.17. The molecule has 2 aromatic heterocycles. The summed E-state index contributed by atoms with van der Waals surface area (Å²) in [6, 6.07) is 29.0. The fourth-order valence-corrected chi connectivity index (χ4v) is 3.75. The van der Waals surface area contributed by atoms with Gasteiger partial charge in [0.1, 0.15) is 5.75 Å². The smallest absolute Gasteiger partial charge is 0.124 e. The average molecular weight is 610 g/mol. The Morgan fingerprint density at radius 3 is 2.24 bits per heavy atom. The summed E-state index contributed by atoms with van der Waals surface area (Å²) in [4.78, 5) is 8.71. The number of phenolic OH excluding ortho intramolecular Hbond substituents is 1. The minimum Gasteiger partial charge on any atom is -0.507 e. The molecule has 0 saturated heterocycles. The van der Waals surface area contributed by atoms with Gasteiger partial charge in [0, 0.05) is 38.1 Å². The zero-order valence-electron chi connectivity index (χ0n) is 18.8. The van der Waals surface area contributed by atoms with Gasteiger partial charge in [0.2, 0.25) is 0 Å². The zero-order chi connectivity index (χ0) is 22.5. The molecule has 0 atom stereocenters. The van der Waals surface area contributed by atoms with Gasteiger partial charge in [0.25, 0.3) is 0 Å². The first-order valence-electron chi connectivity index (χ1n) is 10.6. The Morgan fingerprint density at radius 2 is 1.52 bits per heavy atom. The van der Waals surface area contributed by atoms with E-state index in [1.807, 2.05) is 36.5 Å². The predicted molar refractivity (Wildman–Crippen MR) is 132 cm³/mol. The molecule has 0 aliphatic heterocycles. The minimum atomic E-state index is 0. The largest absolute Gasteiger partial charge is 0.507 e. The number of hydrogen-bond donors (Lipinski definition) is 1. The normalized spacial score (nSPS) is 10.2. The SMILES string of the molecule is Cc1[c-]c(-c2nccc3cc(C)ccc23)cc(C)c1.Oc1ccccc1-c1ccccn1.[Ir]. The van der Waals surface area contributed by atoms with Gasteiger partial charge in [0.15, 0.2) is 0 Å². The molecule has 0 aliphatic carbocycles. The number of pyridine rings is 2. The van der Waals surface area contributed by atoms with Gasteiger partial charge in [-0.2, -0.15) is 0 Å². The first-order valence-corrected chi connectivity index (χ1v) is 10.6. The molecule has 5 aromatic rings. The number of aromatic hydroxyl groups is 1. The van der Waals surface area contributed by atoms with E-state index < -0.39 is 0 Å². The van der Waals surface area contributed by atoms with Gasteiger partial charge in [0.05, 0.1) is 5.69 Å². The summed E-state index contributed by atoms with van der Waals surface area (Å²) in [7, 11) is 0. The number of benzene rings is 3. The van der Waals surface area contributed by atoms with Gasteiger partial charge in [-0.3, -0.25) is 4.98 Å². The summed E-state index contributed by atoms with van der Waals surface area (Å²) in [5, 5.41) is 11.9. The molecule has 4 heteroatoms. The van der Waals surface area contributed by atoms with Gasteiger partial charge in [-0.1, -0.05) is 55.8 Å². The van der Waals surface area contributed by atoms with Crippen LogP contribution in [0.15, 0.2) is 91.3 Å². The van der Waals surface area contributed by atoms with Gasteiger partial charge in [-0.05, 0) is 53.7 Å². The van der Waals surface area contributed by atoms with Crippen molar-refractivity contribution >= 4 is 10.8 Å². The molecule has 5 rings (SSSR count). The number of hydrogen-bond acceptors (Lipinski definition) is 3. The Balaban J connectivity index is 0.000000192. The van der Waals surface area contributed by atoms with Crippen LogP contribution in [-0.2, 0) is 20.1 Å². The van der Waals surface area contributed by atoms with Crippen molar-refractivity contribution in [2.75, 3.05) is 0 Å². The quantitative estimate of drug-likeness (QED) is 0.218. The van der Waals surface area contributed by atoms with Crippen molar-refractivity contribution in [3.05, 3.63) is 114 Å². The van der Waals surface area contributed by atoms with E-state index in [4.69, 9.17) is 0 Å². The number of aromatic nitrogens is 2. The average Bonchev–Trinajstić information content (AvgIpc) is 2.79. The van der Waals surface area contributed by atoms with Crippen molar-refractivity contribution in [3.63, 3.8) is 0 Å². The molecule has 0 aliphatic rings. The van der Waals surface area contributed by atoms with Crippen LogP contribution < -0.4 is 0 Å². The summed E-state index contributed by atoms with van der Waals surface area (Å²) in [5.41, 5.74) is 7.33. The molecule has 0 saturated carbocycles. The molecule has 3 nitrogen and oxygen atoms in total. The van der Waals surface area contributed by atoms with E-state index in [2.05, 4.69) is 73.2 Å². The standard InChI is InChI=1S/C18H16N.C11H9NO.Ir/c1-12-4-5-17-15(9-12)6-7-19-18(17)16-10-13(2)8-14(3)11-16;13-11-7-2-1-5-9(11)10-6-3-4-8-12-10;/h4-10H,1-3H3;1-8,13H;/q-1;;. The number of fused-ring (bicyclic) bond motifs is 1. The number of aryl methyl sites for hydroxylation is 3. The topological polar surface area (TPSA) is 46.0 Å². The second-order valence-electron chi connectivity index (χ2n) is 7.87. The van der Waals surface area contributed by atoms with Crippen molar-refractivity contribution < 1.29 is 25.2 Å². The van der Waals surface area contributed by atoms with Crippen LogP contribution in [0.2, 0.25) is 0 Å². The maximum Gasteiger partial charge on any atom is 0.124 e. The minimum absolute atomic E-state index is 0. The molecule has 2 heterocycles. The maximum atomic E-state index is 9.52. The van der Waals surface area contributed by atoms with Crippen molar-refractivity contribution in [2.24, 2.45) is 0 Å². The van der Waals surface area contributed by atoms with E-state index in [0.29, 0.717) is 0 Å². The van der Waals surface area contributed by atoms with Crippen LogP contribution in [0.5, 0.6) is 5.75 Å². The van der Waals surface area contributed by atoms with Crippen molar-refractivity contribution in [1.29, 1.82) is 0 Å². The van der Waals surface area contributed by atoms with Crippen LogP contribution in [0.1, 0.15) is 16.7 Å². The monoisotopic (exact) mass is 610 g/mol. The van der Waals surface area contributed by atoms with Crippen LogP contribution in [0.25, 0.3) is 33.3 Å². The number of rotatable bonds is 2. The molecule has 167 valence electrons. The molecule has 33 heavy (non-hydrogen) atoms. The molecular weight excluding hydrogens is 585 g/mol. The summed E-state index contributed by atoms with van der Waals surface area (Å²) < 4.78 is 0. The number of nitrogens with zero attached hydrogens (tertiary/aromatic N) is 2. The Kier molecular flexibility index (Phi) is 8.10. The molecule has 0 bridgehead atoms. The number of phenols is 1. The number of para-hydroxylation sites is 1. The van der Waals surface area contributed by atoms with Gasteiger partial charge >= 0.3 is 0 Å². The first-order chi connectivity index (χ1) is 15.5. The Hall–Kier alpha value is -3.33.